The van der Waals surface area contributed by atoms with Gasteiger partial charge in [-0.15, -0.1) is 0 Å². The SMILES string of the molecule is CCOc1cc([C@H](C)N2CCc3c(cc(CCN(C)CC)cc3-c3cn(CC)nc3C)C2=O)ncc1C#N. The Balaban J connectivity index is 1.74. The fourth-order valence-electron chi connectivity index (χ4n) is 5.06. The predicted octanol–water partition coefficient (Wildman–Crippen LogP) is 4.80. The molecular formula is C30H38N6O2. The van der Waals surface area contributed by atoms with Gasteiger partial charge >= 0.3 is 0 Å². The normalized spacial score (nSPS) is 13.9. The Kier molecular flexibility index (Phi) is 8.48. The van der Waals surface area contributed by atoms with Crippen LogP contribution in [0.25, 0.3) is 11.1 Å². The molecule has 1 aromatic carbocycles. The Hall–Kier alpha value is -3.70. The number of benzene rings is 1. The van der Waals surface area contributed by atoms with Gasteiger partial charge in [-0.05, 0) is 76.9 Å². The number of aryl methyl sites for hydroxylation is 2. The maximum atomic E-state index is 14.0. The van der Waals surface area contributed by atoms with E-state index in [9.17, 15) is 10.1 Å². The summed E-state index contributed by atoms with van der Waals surface area (Å²) in [6.07, 6.45) is 5.25. The molecule has 1 atom stereocenters. The zero-order valence-corrected chi connectivity index (χ0v) is 23.4. The summed E-state index contributed by atoms with van der Waals surface area (Å²) in [6.45, 7) is 13.9. The first kappa shape index (κ1) is 27.3. The molecule has 38 heavy (non-hydrogen) atoms. The number of pyridine rings is 1. The number of carbonyl (C=O) groups excluding carboxylic acids is 1. The van der Waals surface area contributed by atoms with E-state index in [-0.39, 0.29) is 11.9 Å². The van der Waals surface area contributed by atoms with E-state index in [1.807, 2.05) is 30.4 Å². The highest BCUT2D eigenvalue weighted by molar-refractivity contribution is 5.99. The second-order valence-electron chi connectivity index (χ2n) is 9.87. The molecule has 0 unspecified atom stereocenters. The number of fused-ring (bicyclic) bond motifs is 1. The van der Waals surface area contributed by atoms with Crippen LogP contribution in [0.4, 0.5) is 0 Å². The van der Waals surface area contributed by atoms with Gasteiger partial charge in [-0.1, -0.05) is 13.0 Å². The third-order valence-corrected chi connectivity index (χ3v) is 7.49. The number of rotatable bonds is 10. The number of amides is 1. The Bertz CT molecular complexity index is 1360. The van der Waals surface area contributed by atoms with Gasteiger partial charge in [-0.25, -0.2) is 0 Å². The quantitative estimate of drug-likeness (QED) is 0.386. The zero-order chi connectivity index (χ0) is 27.4. The van der Waals surface area contributed by atoms with E-state index >= 15 is 0 Å². The van der Waals surface area contributed by atoms with Crippen LogP contribution >= 0.6 is 0 Å². The molecule has 1 aliphatic heterocycles. The molecule has 0 N–H and O–H groups in total. The Morgan fingerprint density at radius 2 is 1.95 bits per heavy atom. The standard InChI is InChI=1S/C30H38N6O2/c1-7-34(6)12-10-22-14-25(27-19-35(8-2)33-20(27)4)24-11-13-36(30(37)26(24)15-22)21(5)28-16-29(38-9-3)23(17-31)18-32-28/h14-16,18-19,21H,7-13H2,1-6H3/t21-/m0/s1. The monoisotopic (exact) mass is 514 g/mol. The molecule has 0 radical (unpaired) electrons. The first-order chi connectivity index (χ1) is 18.3. The number of nitrogens with zero attached hydrogens (tertiary/aromatic N) is 6. The van der Waals surface area contributed by atoms with Crippen molar-refractivity contribution in [3.05, 3.63) is 64.2 Å². The van der Waals surface area contributed by atoms with Crippen molar-refractivity contribution in [2.75, 3.05) is 33.3 Å². The smallest absolute Gasteiger partial charge is 0.254 e. The van der Waals surface area contributed by atoms with Gasteiger partial charge in [-0.2, -0.15) is 10.4 Å². The van der Waals surface area contributed by atoms with Gasteiger partial charge < -0.3 is 14.5 Å². The van der Waals surface area contributed by atoms with Crippen LogP contribution in [0.3, 0.4) is 0 Å². The number of aromatic nitrogens is 3. The van der Waals surface area contributed by atoms with Crippen molar-refractivity contribution in [3.8, 4) is 22.9 Å². The lowest BCUT2D eigenvalue weighted by molar-refractivity contribution is 0.0669. The molecule has 1 amide bonds. The summed E-state index contributed by atoms with van der Waals surface area (Å²) in [5.41, 5.74) is 7.30. The van der Waals surface area contributed by atoms with Gasteiger partial charge in [0.2, 0.25) is 0 Å². The molecule has 3 heterocycles. The van der Waals surface area contributed by atoms with Gasteiger partial charge in [-0.3, -0.25) is 14.5 Å². The van der Waals surface area contributed by atoms with Crippen LogP contribution in [-0.4, -0.2) is 63.8 Å². The van der Waals surface area contributed by atoms with Crippen molar-refractivity contribution >= 4 is 5.91 Å². The summed E-state index contributed by atoms with van der Waals surface area (Å²) < 4.78 is 7.63. The maximum absolute atomic E-state index is 14.0. The predicted molar refractivity (Wildman–Crippen MR) is 148 cm³/mol. The molecule has 3 aromatic rings. The van der Waals surface area contributed by atoms with Crippen molar-refractivity contribution in [1.29, 1.82) is 5.26 Å². The first-order valence-corrected chi connectivity index (χ1v) is 13.5. The van der Waals surface area contributed by atoms with Crippen molar-refractivity contribution in [3.63, 3.8) is 0 Å². The summed E-state index contributed by atoms with van der Waals surface area (Å²) in [7, 11) is 2.12. The van der Waals surface area contributed by atoms with Crippen LogP contribution in [0.1, 0.15) is 72.2 Å². The molecule has 0 saturated heterocycles. The lowest BCUT2D eigenvalue weighted by Crippen LogP contribution is -2.40. The van der Waals surface area contributed by atoms with Gasteiger partial charge in [0.1, 0.15) is 17.4 Å². The Morgan fingerprint density at radius 3 is 2.61 bits per heavy atom. The van der Waals surface area contributed by atoms with Gasteiger partial charge in [0.25, 0.3) is 5.91 Å². The van der Waals surface area contributed by atoms with Crippen molar-refractivity contribution in [2.24, 2.45) is 0 Å². The summed E-state index contributed by atoms with van der Waals surface area (Å²) in [4.78, 5) is 22.7. The van der Waals surface area contributed by atoms with Crippen LogP contribution in [0.15, 0.2) is 30.6 Å². The molecule has 4 rings (SSSR count). The molecule has 1 aliphatic rings. The Labute approximate surface area is 225 Å². The Morgan fingerprint density at radius 1 is 1.18 bits per heavy atom. The molecule has 8 heteroatoms. The van der Waals surface area contributed by atoms with Gasteiger partial charge in [0.15, 0.2) is 0 Å². The molecule has 0 fully saturated rings. The summed E-state index contributed by atoms with van der Waals surface area (Å²) in [5.74, 6) is 0.514. The summed E-state index contributed by atoms with van der Waals surface area (Å²) >= 11 is 0. The van der Waals surface area contributed by atoms with Crippen LogP contribution in [-0.2, 0) is 19.4 Å². The van der Waals surface area contributed by atoms with E-state index < -0.39 is 0 Å². The number of hydrogen-bond acceptors (Lipinski definition) is 6. The minimum Gasteiger partial charge on any atom is -0.492 e. The average Bonchev–Trinajstić information content (AvgIpc) is 3.31. The van der Waals surface area contributed by atoms with Crippen LogP contribution in [0.2, 0.25) is 0 Å². The van der Waals surface area contributed by atoms with E-state index in [4.69, 9.17) is 4.74 Å². The zero-order valence-electron chi connectivity index (χ0n) is 23.4. The highest BCUT2D eigenvalue weighted by Crippen LogP contribution is 2.36. The van der Waals surface area contributed by atoms with Gasteiger partial charge in [0, 0.05) is 49.2 Å². The largest absolute Gasteiger partial charge is 0.492 e. The topological polar surface area (TPSA) is 87.3 Å². The highest BCUT2D eigenvalue weighted by Gasteiger charge is 2.32. The molecular weight excluding hydrogens is 476 g/mol. The third kappa shape index (κ3) is 5.44. The second-order valence-corrected chi connectivity index (χ2v) is 9.87. The lowest BCUT2D eigenvalue weighted by Gasteiger charge is -2.34. The second kappa shape index (κ2) is 11.8. The molecule has 8 nitrogen and oxygen atoms in total. The minimum absolute atomic E-state index is 0.00959. The van der Waals surface area contributed by atoms with Crippen LogP contribution < -0.4 is 4.74 Å². The number of ether oxygens (including phenoxy) is 1. The van der Waals surface area contributed by atoms with Crippen LogP contribution in [0.5, 0.6) is 5.75 Å². The highest BCUT2D eigenvalue weighted by atomic mass is 16.5. The van der Waals surface area contributed by atoms with E-state index in [1.165, 1.54) is 6.20 Å². The number of hydrogen-bond donors (Lipinski definition) is 0. The number of nitriles is 1. The van der Waals surface area contributed by atoms with Crippen molar-refractivity contribution in [1.82, 2.24) is 24.6 Å². The molecule has 0 aliphatic carbocycles. The molecule has 0 bridgehead atoms. The lowest BCUT2D eigenvalue weighted by atomic mass is 9.87. The molecule has 200 valence electrons. The van der Waals surface area contributed by atoms with E-state index in [0.29, 0.717) is 30.2 Å². The van der Waals surface area contributed by atoms with E-state index in [2.05, 4.69) is 60.3 Å². The van der Waals surface area contributed by atoms with Crippen molar-refractivity contribution < 1.29 is 9.53 Å². The fourth-order valence-corrected chi connectivity index (χ4v) is 5.06. The first-order valence-electron chi connectivity index (χ1n) is 13.5. The molecule has 0 spiro atoms. The van der Waals surface area contributed by atoms with Gasteiger partial charge in [0.05, 0.1) is 24.0 Å². The van der Waals surface area contributed by atoms with E-state index in [1.54, 1.807) is 6.07 Å². The average molecular weight is 515 g/mol. The molecule has 2 aromatic heterocycles. The van der Waals surface area contributed by atoms with E-state index in [0.717, 1.165) is 66.0 Å². The maximum Gasteiger partial charge on any atom is 0.254 e. The minimum atomic E-state index is -0.259. The number of likely N-dealkylation sites (N-methyl/N-ethyl adjacent to an activating group) is 1. The fraction of sp³-hybridized carbons (Fsp3) is 0.467. The van der Waals surface area contributed by atoms with Crippen LogP contribution in [0, 0.1) is 18.3 Å². The summed E-state index contributed by atoms with van der Waals surface area (Å²) in [5, 5.41) is 14.1. The number of carbonyl (C=O) groups is 1. The third-order valence-electron chi connectivity index (χ3n) is 7.49. The summed E-state index contributed by atoms with van der Waals surface area (Å²) in [6, 6.07) is 8.01. The molecule has 0 saturated carbocycles. The van der Waals surface area contributed by atoms with Crippen molar-refractivity contribution in [2.45, 2.75) is 60.0 Å².